The van der Waals surface area contributed by atoms with Crippen molar-refractivity contribution in [2.24, 2.45) is 0 Å². The summed E-state index contributed by atoms with van der Waals surface area (Å²) in [6.07, 6.45) is 1.65. The van der Waals surface area contributed by atoms with Gasteiger partial charge in [0.2, 0.25) is 15.9 Å². The number of amides is 1. The third-order valence-electron chi connectivity index (χ3n) is 4.50. The van der Waals surface area contributed by atoms with Gasteiger partial charge in [0, 0.05) is 6.20 Å². The monoisotopic (exact) mass is 425 g/mol. The zero-order chi connectivity index (χ0) is 21.6. The summed E-state index contributed by atoms with van der Waals surface area (Å²) in [4.78, 5) is 17.2. The summed E-state index contributed by atoms with van der Waals surface area (Å²) in [7, 11) is -2.38. The Morgan fingerprint density at radius 2 is 1.63 bits per heavy atom. The number of carbonyl (C=O) groups excluding carboxylic acids is 1. The van der Waals surface area contributed by atoms with Crippen molar-refractivity contribution in [1.82, 2.24) is 15.0 Å². The van der Waals surface area contributed by atoms with Gasteiger partial charge in [-0.3, -0.25) is 9.78 Å². The highest BCUT2D eigenvalue weighted by Gasteiger charge is 2.25. The molecule has 0 fully saturated rings. The number of benzene rings is 2. The molecule has 0 radical (unpaired) electrons. The molecule has 2 aromatic carbocycles. The number of methoxy groups -OCH3 is 1. The number of sulfonamides is 1. The fourth-order valence-electron chi connectivity index (χ4n) is 2.90. The van der Waals surface area contributed by atoms with Gasteiger partial charge in [-0.25, -0.2) is 8.42 Å². The highest BCUT2D eigenvalue weighted by atomic mass is 32.2. The first-order valence-electron chi connectivity index (χ1n) is 9.33. The Labute approximate surface area is 176 Å². The van der Waals surface area contributed by atoms with Crippen LogP contribution in [0, 0.1) is 0 Å². The summed E-state index contributed by atoms with van der Waals surface area (Å²) >= 11 is 0. The molecule has 3 aromatic rings. The zero-order valence-electron chi connectivity index (χ0n) is 16.6. The molecule has 1 heterocycles. The molecule has 0 aliphatic carbocycles. The molecule has 0 bridgehead atoms. The summed E-state index contributed by atoms with van der Waals surface area (Å²) in [6.45, 7) is 1.50. The quantitative estimate of drug-likeness (QED) is 0.578. The number of pyridine rings is 1. The normalized spacial score (nSPS) is 13.3. The van der Waals surface area contributed by atoms with E-state index in [4.69, 9.17) is 4.74 Å². The number of hydrogen-bond donors (Lipinski definition) is 2. The summed E-state index contributed by atoms with van der Waals surface area (Å²) in [5.41, 5.74) is 1.50. The largest absolute Gasteiger partial charge is 0.497 e. The van der Waals surface area contributed by atoms with E-state index in [-0.39, 0.29) is 4.90 Å². The third kappa shape index (κ3) is 5.22. The first-order valence-corrected chi connectivity index (χ1v) is 10.8. The molecule has 3 rings (SSSR count). The van der Waals surface area contributed by atoms with Gasteiger partial charge >= 0.3 is 0 Å². The van der Waals surface area contributed by atoms with Crippen molar-refractivity contribution >= 4 is 15.9 Å². The molecular weight excluding hydrogens is 402 g/mol. The molecule has 0 saturated heterocycles. The molecule has 1 aromatic heterocycles. The second-order valence-corrected chi connectivity index (χ2v) is 8.34. The molecule has 2 atom stereocenters. The first kappa shape index (κ1) is 21.5. The maximum absolute atomic E-state index is 12.8. The van der Waals surface area contributed by atoms with E-state index in [1.54, 1.807) is 24.4 Å². The minimum Gasteiger partial charge on any atom is -0.497 e. The lowest BCUT2D eigenvalue weighted by atomic mass is 10.0. The van der Waals surface area contributed by atoms with Crippen LogP contribution in [0.2, 0.25) is 0 Å². The lowest BCUT2D eigenvalue weighted by Gasteiger charge is -2.22. The molecule has 8 heteroatoms. The van der Waals surface area contributed by atoms with Crippen LogP contribution in [-0.2, 0) is 14.8 Å². The Morgan fingerprint density at radius 1 is 0.967 bits per heavy atom. The second kappa shape index (κ2) is 9.51. The van der Waals surface area contributed by atoms with Crippen LogP contribution in [0.4, 0.5) is 0 Å². The number of nitrogens with one attached hydrogen (secondary N) is 2. The van der Waals surface area contributed by atoms with Gasteiger partial charge in [0.1, 0.15) is 5.75 Å². The van der Waals surface area contributed by atoms with Crippen LogP contribution in [0.1, 0.15) is 24.2 Å². The highest BCUT2D eigenvalue weighted by molar-refractivity contribution is 7.89. The van der Waals surface area contributed by atoms with E-state index in [1.165, 1.54) is 26.2 Å². The van der Waals surface area contributed by atoms with E-state index < -0.39 is 28.0 Å². The molecule has 0 saturated carbocycles. The number of aromatic nitrogens is 1. The van der Waals surface area contributed by atoms with Crippen LogP contribution in [0.5, 0.6) is 5.75 Å². The van der Waals surface area contributed by atoms with Gasteiger partial charge in [-0.2, -0.15) is 4.72 Å². The summed E-state index contributed by atoms with van der Waals surface area (Å²) in [5, 5.41) is 2.89. The van der Waals surface area contributed by atoms with Crippen molar-refractivity contribution in [2.45, 2.75) is 23.9 Å². The molecule has 7 nitrogen and oxygen atoms in total. The van der Waals surface area contributed by atoms with Crippen LogP contribution in [0.25, 0.3) is 0 Å². The lowest BCUT2D eigenvalue weighted by Crippen LogP contribution is -2.46. The topological polar surface area (TPSA) is 97.4 Å². The van der Waals surface area contributed by atoms with Gasteiger partial charge < -0.3 is 10.1 Å². The molecule has 0 aliphatic rings. The van der Waals surface area contributed by atoms with E-state index in [1.807, 2.05) is 42.5 Å². The fraction of sp³-hybridized carbons (Fsp3) is 0.182. The highest BCUT2D eigenvalue weighted by Crippen LogP contribution is 2.20. The first-order chi connectivity index (χ1) is 14.4. The van der Waals surface area contributed by atoms with Crippen LogP contribution in [0.3, 0.4) is 0 Å². The number of nitrogens with zero attached hydrogens (tertiary/aromatic N) is 1. The van der Waals surface area contributed by atoms with E-state index in [9.17, 15) is 13.2 Å². The van der Waals surface area contributed by atoms with Crippen molar-refractivity contribution < 1.29 is 17.9 Å². The van der Waals surface area contributed by atoms with Gasteiger partial charge in [-0.05, 0) is 48.9 Å². The maximum atomic E-state index is 12.8. The Hall–Kier alpha value is -3.23. The van der Waals surface area contributed by atoms with E-state index in [2.05, 4.69) is 15.0 Å². The standard InChI is InChI=1S/C22H23N3O4S/c1-16(25-30(27,28)19-13-11-18(29-2)12-14-19)22(26)24-21(17-8-4-3-5-9-17)20-10-6-7-15-23-20/h3-16,21,25H,1-2H3,(H,24,26)/t16-,21?/m0/s1. The predicted octanol–water partition coefficient (Wildman–Crippen LogP) is 2.66. The van der Waals surface area contributed by atoms with Crippen molar-refractivity contribution in [3.63, 3.8) is 0 Å². The molecule has 0 aliphatic heterocycles. The van der Waals surface area contributed by atoms with Gasteiger partial charge in [0.15, 0.2) is 0 Å². The summed E-state index contributed by atoms with van der Waals surface area (Å²) < 4.78 is 32.7. The molecule has 0 spiro atoms. The van der Waals surface area contributed by atoms with Crippen molar-refractivity contribution in [3.05, 3.63) is 90.3 Å². The molecule has 156 valence electrons. The number of ether oxygens (including phenoxy) is 1. The number of carbonyl (C=O) groups is 1. The molecule has 1 amide bonds. The van der Waals surface area contributed by atoms with Crippen LogP contribution in [0.15, 0.2) is 83.9 Å². The van der Waals surface area contributed by atoms with E-state index in [0.717, 1.165) is 5.56 Å². The lowest BCUT2D eigenvalue weighted by molar-refractivity contribution is -0.122. The molecule has 30 heavy (non-hydrogen) atoms. The van der Waals surface area contributed by atoms with Crippen molar-refractivity contribution in [2.75, 3.05) is 7.11 Å². The van der Waals surface area contributed by atoms with Crippen LogP contribution in [-0.4, -0.2) is 32.5 Å². The molecular formula is C22H23N3O4S. The van der Waals surface area contributed by atoms with Gasteiger partial charge in [0.25, 0.3) is 0 Å². The Kier molecular flexibility index (Phi) is 6.81. The minimum absolute atomic E-state index is 0.0484. The molecule has 1 unspecified atom stereocenters. The second-order valence-electron chi connectivity index (χ2n) is 6.63. The SMILES string of the molecule is COc1ccc(S(=O)(=O)N[C@@H](C)C(=O)NC(c2ccccc2)c2ccccn2)cc1. The average Bonchev–Trinajstić information content (AvgIpc) is 2.78. The van der Waals surface area contributed by atoms with Crippen molar-refractivity contribution in [1.29, 1.82) is 0 Å². The maximum Gasteiger partial charge on any atom is 0.241 e. The number of rotatable bonds is 8. The van der Waals surface area contributed by atoms with Crippen LogP contribution >= 0.6 is 0 Å². The average molecular weight is 426 g/mol. The Balaban J connectivity index is 1.76. The van der Waals surface area contributed by atoms with Gasteiger partial charge in [-0.1, -0.05) is 36.4 Å². The van der Waals surface area contributed by atoms with E-state index >= 15 is 0 Å². The van der Waals surface area contributed by atoms with Crippen LogP contribution < -0.4 is 14.8 Å². The summed E-state index contributed by atoms with van der Waals surface area (Å²) in [6, 6.07) is 19.3. The van der Waals surface area contributed by atoms with Crippen molar-refractivity contribution in [3.8, 4) is 5.75 Å². The minimum atomic E-state index is -3.88. The Morgan fingerprint density at radius 3 is 2.23 bits per heavy atom. The Bertz CT molecular complexity index is 1030. The third-order valence-corrected chi connectivity index (χ3v) is 6.05. The zero-order valence-corrected chi connectivity index (χ0v) is 17.5. The predicted molar refractivity (Wildman–Crippen MR) is 113 cm³/mol. The molecule has 2 N–H and O–H groups in total. The van der Waals surface area contributed by atoms with Gasteiger partial charge in [0.05, 0.1) is 29.8 Å². The number of hydrogen-bond acceptors (Lipinski definition) is 5. The fourth-order valence-corrected chi connectivity index (χ4v) is 4.10. The van der Waals surface area contributed by atoms with Gasteiger partial charge in [-0.15, -0.1) is 0 Å². The van der Waals surface area contributed by atoms with E-state index in [0.29, 0.717) is 11.4 Å². The smallest absolute Gasteiger partial charge is 0.241 e. The summed E-state index contributed by atoms with van der Waals surface area (Å²) in [5.74, 6) is 0.0763.